The molecular weight excluding hydrogens is 296 g/mol. The van der Waals surface area contributed by atoms with Gasteiger partial charge in [-0.1, -0.05) is 25.1 Å². The quantitative estimate of drug-likeness (QED) is 0.845. The minimum Gasteiger partial charge on any atom is -0.497 e. The minimum atomic E-state index is -0.163. The van der Waals surface area contributed by atoms with Crippen LogP contribution in [0.4, 0.5) is 11.7 Å². The molecular formula is C16H22N4O3. The Bertz CT molecular complexity index is 654. The summed E-state index contributed by atoms with van der Waals surface area (Å²) in [4.78, 5) is 18.3. The highest BCUT2D eigenvalue weighted by molar-refractivity contribution is 5.93. The highest BCUT2D eigenvalue weighted by atomic mass is 16.5. The molecule has 0 aliphatic heterocycles. The number of rotatable bonds is 7. The summed E-state index contributed by atoms with van der Waals surface area (Å²) in [5, 5.41) is 6.75. The normalized spacial score (nSPS) is 10.7. The van der Waals surface area contributed by atoms with E-state index in [1.54, 1.807) is 24.1 Å². The molecule has 1 amide bonds. The van der Waals surface area contributed by atoms with Crippen LogP contribution in [0.2, 0.25) is 0 Å². The van der Waals surface area contributed by atoms with E-state index in [0.717, 1.165) is 0 Å². The van der Waals surface area contributed by atoms with Crippen molar-refractivity contribution in [3.63, 3.8) is 0 Å². The Kier molecular flexibility index (Phi) is 5.56. The van der Waals surface area contributed by atoms with Crippen molar-refractivity contribution in [3.8, 4) is 5.75 Å². The summed E-state index contributed by atoms with van der Waals surface area (Å²) in [5.41, 5.74) is 0.679. The van der Waals surface area contributed by atoms with Crippen molar-refractivity contribution in [1.29, 1.82) is 0 Å². The Balaban J connectivity index is 2.01. The van der Waals surface area contributed by atoms with Gasteiger partial charge in [0.25, 0.3) is 0 Å². The summed E-state index contributed by atoms with van der Waals surface area (Å²) in [7, 11) is 1.58. The molecule has 0 aliphatic carbocycles. The first-order valence-corrected chi connectivity index (χ1v) is 7.56. The molecule has 0 saturated carbocycles. The minimum absolute atomic E-state index is 0.132. The van der Waals surface area contributed by atoms with Crippen LogP contribution in [0.3, 0.4) is 0 Å². The third kappa shape index (κ3) is 4.45. The van der Waals surface area contributed by atoms with Gasteiger partial charge in [0.1, 0.15) is 12.3 Å². The maximum Gasteiger partial charge on any atom is 0.324 e. The van der Waals surface area contributed by atoms with Crippen molar-refractivity contribution < 1.29 is 14.1 Å². The Morgan fingerprint density at radius 2 is 2.22 bits per heavy atom. The number of carbonyl (C=O) groups excluding carboxylic acids is 1. The molecule has 0 saturated heterocycles. The number of likely N-dealkylation sites (N-methyl/N-ethyl adjacent to an activating group) is 1. The van der Waals surface area contributed by atoms with E-state index >= 15 is 0 Å². The van der Waals surface area contributed by atoms with E-state index in [1.807, 2.05) is 32.9 Å². The van der Waals surface area contributed by atoms with Gasteiger partial charge in [0.05, 0.1) is 7.11 Å². The van der Waals surface area contributed by atoms with E-state index in [0.29, 0.717) is 29.8 Å². The zero-order valence-corrected chi connectivity index (χ0v) is 13.9. The van der Waals surface area contributed by atoms with Gasteiger partial charge in [0, 0.05) is 24.2 Å². The van der Waals surface area contributed by atoms with Gasteiger partial charge in [-0.3, -0.25) is 4.79 Å². The van der Waals surface area contributed by atoms with Gasteiger partial charge in [-0.25, -0.2) is 0 Å². The van der Waals surface area contributed by atoms with Gasteiger partial charge in [-0.05, 0) is 19.1 Å². The van der Waals surface area contributed by atoms with Crippen molar-refractivity contribution in [1.82, 2.24) is 10.1 Å². The molecule has 0 aliphatic rings. The van der Waals surface area contributed by atoms with E-state index in [9.17, 15) is 4.79 Å². The maximum atomic E-state index is 12.2. The summed E-state index contributed by atoms with van der Waals surface area (Å²) in [6.07, 6.45) is 0. The number of hydrogen-bond donors (Lipinski definition) is 1. The van der Waals surface area contributed by atoms with E-state index in [-0.39, 0.29) is 18.4 Å². The van der Waals surface area contributed by atoms with Gasteiger partial charge >= 0.3 is 6.01 Å². The molecule has 1 aromatic carbocycles. The fourth-order valence-corrected chi connectivity index (χ4v) is 1.98. The number of hydrogen-bond acceptors (Lipinski definition) is 6. The van der Waals surface area contributed by atoms with Crippen LogP contribution in [0.15, 0.2) is 28.8 Å². The van der Waals surface area contributed by atoms with Crippen molar-refractivity contribution in [2.45, 2.75) is 26.7 Å². The molecule has 23 heavy (non-hydrogen) atoms. The monoisotopic (exact) mass is 318 g/mol. The largest absolute Gasteiger partial charge is 0.497 e. The molecule has 2 aromatic rings. The number of nitrogens with one attached hydrogen (secondary N) is 1. The third-order valence-electron chi connectivity index (χ3n) is 3.29. The predicted molar refractivity (Wildman–Crippen MR) is 87.9 cm³/mol. The average Bonchev–Trinajstić information content (AvgIpc) is 3.03. The van der Waals surface area contributed by atoms with E-state index in [2.05, 4.69) is 15.5 Å². The van der Waals surface area contributed by atoms with E-state index < -0.39 is 0 Å². The van der Waals surface area contributed by atoms with Gasteiger partial charge in [-0.2, -0.15) is 4.98 Å². The van der Waals surface area contributed by atoms with E-state index in [4.69, 9.17) is 9.26 Å². The number of benzene rings is 1. The van der Waals surface area contributed by atoms with Crippen LogP contribution in [0, 0.1) is 0 Å². The van der Waals surface area contributed by atoms with Crippen LogP contribution in [-0.4, -0.2) is 36.2 Å². The molecule has 1 heterocycles. The predicted octanol–water partition coefficient (Wildman–Crippen LogP) is 2.67. The fourth-order valence-electron chi connectivity index (χ4n) is 1.98. The molecule has 7 heteroatoms. The number of amides is 1. The second kappa shape index (κ2) is 7.62. The fraction of sp³-hybridized carbons (Fsp3) is 0.438. The van der Waals surface area contributed by atoms with Crippen molar-refractivity contribution >= 4 is 17.6 Å². The van der Waals surface area contributed by atoms with Crippen LogP contribution in [-0.2, 0) is 4.79 Å². The van der Waals surface area contributed by atoms with Gasteiger partial charge in [0.15, 0.2) is 5.82 Å². The lowest BCUT2D eigenvalue weighted by Crippen LogP contribution is -2.33. The summed E-state index contributed by atoms with van der Waals surface area (Å²) < 4.78 is 10.4. The second-order valence-electron chi connectivity index (χ2n) is 5.38. The first-order valence-electron chi connectivity index (χ1n) is 7.56. The molecule has 0 spiro atoms. The van der Waals surface area contributed by atoms with Gasteiger partial charge in [-0.15, -0.1) is 0 Å². The number of nitrogens with zero attached hydrogens (tertiary/aromatic N) is 3. The molecule has 0 atom stereocenters. The molecule has 0 fully saturated rings. The number of aromatic nitrogens is 2. The molecule has 7 nitrogen and oxygen atoms in total. The highest BCUT2D eigenvalue weighted by Gasteiger charge is 2.17. The standard InChI is InChI=1S/C16H22N4O3/c1-5-20(16-18-15(11(2)3)19-23-16)10-14(21)17-12-7-6-8-13(9-12)22-4/h6-9,11H,5,10H2,1-4H3,(H,17,21). The van der Waals surface area contributed by atoms with Gasteiger partial charge < -0.3 is 19.5 Å². The van der Waals surface area contributed by atoms with Crippen molar-refractivity contribution in [3.05, 3.63) is 30.1 Å². The lowest BCUT2D eigenvalue weighted by Gasteiger charge is -2.17. The molecule has 1 aromatic heterocycles. The lowest BCUT2D eigenvalue weighted by molar-refractivity contribution is -0.115. The SMILES string of the molecule is CCN(CC(=O)Nc1cccc(OC)c1)c1nc(C(C)C)no1. The van der Waals surface area contributed by atoms with Gasteiger partial charge in [0.2, 0.25) is 5.91 Å². The molecule has 124 valence electrons. The number of ether oxygens (including phenoxy) is 1. The first kappa shape index (κ1) is 16.8. The lowest BCUT2D eigenvalue weighted by atomic mass is 10.2. The summed E-state index contributed by atoms with van der Waals surface area (Å²) in [5.74, 6) is 1.33. The summed E-state index contributed by atoms with van der Waals surface area (Å²) >= 11 is 0. The molecule has 0 bridgehead atoms. The zero-order valence-electron chi connectivity index (χ0n) is 13.9. The van der Waals surface area contributed by atoms with Crippen LogP contribution < -0.4 is 15.0 Å². The summed E-state index contributed by atoms with van der Waals surface area (Å²) in [6, 6.07) is 7.56. The van der Waals surface area contributed by atoms with Crippen molar-refractivity contribution in [2.24, 2.45) is 0 Å². The topological polar surface area (TPSA) is 80.5 Å². The average molecular weight is 318 g/mol. The Labute approximate surface area is 135 Å². The number of anilines is 2. The van der Waals surface area contributed by atoms with Crippen molar-refractivity contribution in [2.75, 3.05) is 30.4 Å². The first-order chi connectivity index (χ1) is 11.0. The smallest absolute Gasteiger partial charge is 0.324 e. The second-order valence-corrected chi connectivity index (χ2v) is 5.38. The summed E-state index contributed by atoms with van der Waals surface area (Å²) in [6.45, 7) is 6.62. The Morgan fingerprint density at radius 1 is 1.43 bits per heavy atom. The Morgan fingerprint density at radius 3 is 2.83 bits per heavy atom. The molecule has 0 unspecified atom stereocenters. The number of carbonyl (C=O) groups is 1. The maximum absolute atomic E-state index is 12.2. The third-order valence-corrected chi connectivity index (χ3v) is 3.29. The Hall–Kier alpha value is -2.57. The van der Waals surface area contributed by atoms with Crippen LogP contribution in [0.5, 0.6) is 5.75 Å². The van der Waals surface area contributed by atoms with Crippen LogP contribution in [0.1, 0.15) is 32.5 Å². The highest BCUT2D eigenvalue weighted by Crippen LogP contribution is 2.18. The van der Waals surface area contributed by atoms with Crippen LogP contribution >= 0.6 is 0 Å². The number of methoxy groups -OCH3 is 1. The van der Waals surface area contributed by atoms with E-state index in [1.165, 1.54) is 0 Å². The zero-order chi connectivity index (χ0) is 16.8. The van der Waals surface area contributed by atoms with Crippen LogP contribution in [0.25, 0.3) is 0 Å². The molecule has 1 N–H and O–H groups in total. The molecule has 0 radical (unpaired) electrons. The molecule has 2 rings (SSSR count).